The molecule has 1 saturated heterocycles. The normalized spacial score (nSPS) is 15.1. The number of piperazine rings is 1. The van der Waals surface area contributed by atoms with Gasteiger partial charge >= 0.3 is 0 Å². The molecule has 0 bridgehead atoms. The number of anilines is 3. The number of pyridine rings is 1. The number of aromatic nitrogens is 5. The van der Waals surface area contributed by atoms with Crippen molar-refractivity contribution in [2.75, 3.05) is 43.4 Å². The summed E-state index contributed by atoms with van der Waals surface area (Å²) >= 11 is 0. The first kappa shape index (κ1) is 19.2. The average molecular weight is 413 g/mol. The highest BCUT2D eigenvalue weighted by Gasteiger charge is 2.17. The van der Waals surface area contributed by atoms with Crippen molar-refractivity contribution in [2.45, 2.75) is 0 Å². The molecule has 8 heteroatoms. The molecule has 8 nitrogen and oxygen atoms in total. The lowest BCUT2D eigenvalue weighted by atomic mass is 10.2. The third kappa shape index (κ3) is 4.39. The SMILES string of the molecule is CN1CCN(c2cc(Nc3[nH]nc4ncccc34)nc(/C=C/c3ccccc3)n2)CC1. The highest BCUT2D eigenvalue weighted by atomic mass is 15.3. The maximum Gasteiger partial charge on any atom is 0.183 e. The van der Waals surface area contributed by atoms with Gasteiger partial charge in [0.25, 0.3) is 0 Å². The summed E-state index contributed by atoms with van der Waals surface area (Å²) in [6, 6.07) is 16.0. The van der Waals surface area contributed by atoms with Crippen LogP contribution in [0.5, 0.6) is 0 Å². The Bertz CT molecular complexity index is 1190. The van der Waals surface area contributed by atoms with Crippen molar-refractivity contribution < 1.29 is 0 Å². The lowest BCUT2D eigenvalue weighted by Crippen LogP contribution is -2.44. The molecule has 4 aromatic rings. The fourth-order valence-electron chi connectivity index (χ4n) is 3.60. The Labute approximate surface area is 180 Å². The van der Waals surface area contributed by atoms with E-state index in [1.54, 1.807) is 6.20 Å². The summed E-state index contributed by atoms with van der Waals surface area (Å²) < 4.78 is 0. The lowest BCUT2D eigenvalue weighted by Gasteiger charge is -2.33. The van der Waals surface area contributed by atoms with E-state index in [0.29, 0.717) is 17.3 Å². The van der Waals surface area contributed by atoms with E-state index in [1.165, 1.54) is 0 Å². The van der Waals surface area contributed by atoms with Crippen LogP contribution >= 0.6 is 0 Å². The Hall–Kier alpha value is -3.78. The topological polar surface area (TPSA) is 85.9 Å². The van der Waals surface area contributed by atoms with E-state index in [9.17, 15) is 0 Å². The zero-order chi connectivity index (χ0) is 21.0. The summed E-state index contributed by atoms with van der Waals surface area (Å²) in [5.41, 5.74) is 1.78. The van der Waals surface area contributed by atoms with Crippen LogP contribution in [-0.2, 0) is 0 Å². The molecule has 1 aliphatic rings. The van der Waals surface area contributed by atoms with Crippen molar-refractivity contribution >= 4 is 40.6 Å². The largest absolute Gasteiger partial charge is 0.354 e. The van der Waals surface area contributed by atoms with Gasteiger partial charge in [-0.25, -0.2) is 15.0 Å². The average Bonchev–Trinajstić information content (AvgIpc) is 3.21. The second-order valence-corrected chi connectivity index (χ2v) is 7.60. The molecule has 1 aliphatic heterocycles. The number of fused-ring (bicyclic) bond motifs is 1. The van der Waals surface area contributed by atoms with Crippen LogP contribution in [0.4, 0.5) is 17.5 Å². The van der Waals surface area contributed by atoms with Gasteiger partial charge in [0.15, 0.2) is 11.5 Å². The minimum absolute atomic E-state index is 0.657. The lowest BCUT2D eigenvalue weighted by molar-refractivity contribution is 0.312. The van der Waals surface area contributed by atoms with Crippen LogP contribution in [0.2, 0.25) is 0 Å². The van der Waals surface area contributed by atoms with Gasteiger partial charge in [-0.1, -0.05) is 36.4 Å². The molecular formula is C23H24N8. The van der Waals surface area contributed by atoms with Gasteiger partial charge in [0.2, 0.25) is 0 Å². The predicted molar refractivity (Wildman–Crippen MR) is 124 cm³/mol. The van der Waals surface area contributed by atoms with Crippen LogP contribution in [0.1, 0.15) is 11.4 Å². The fraction of sp³-hybridized carbons (Fsp3) is 0.217. The van der Waals surface area contributed by atoms with Gasteiger partial charge in [0.1, 0.15) is 17.5 Å². The number of aromatic amines is 1. The summed E-state index contributed by atoms with van der Waals surface area (Å²) in [4.78, 5) is 18.5. The van der Waals surface area contributed by atoms with Gasteiger partial charge in [-0.15, -0.1) is 0 Å². The zero-order valence-electron chi connectivity index (χ0n) is 17.4. The highest BCUT2D eigenvalue weighted by molar-refractivity contribution is 5.88. The molecule has 0 saturated carbocycles. The van der Waals surface area contributed by atoms with Crippen molar-refractivity contribution in [1.82, 2.24) is 30.0 Å². The third-order valence-electron chi connectivity index (χ3n) is 5.36. The maximum atomic E-state index is 4.82. The summed E-state index contributed by atoms with van der Waals surface area (Å²) in [5.74, 6) is 3.06. The van der Waals surface area contributed by atoms with E-state index >= 15 is 0 Å². The van der Waals surface area contributed by atoms with Crippen LogP contribution in [-0.4, -0.2) is 63.3 Å². The van der Waals surface area contributed by atoms with Crippen LogP contribution < -0.4 is 10.2 Å². The van der Waals surface area contributed by atoms with E-state index in [0.717, 1.165) is 48.8 Å². The minimum atomic E-state index is 0.657. The van der Waals surface area contributed by atoms with Crippen molar-refractivity contribution in [1.29, 1.82) is 0 Å². The number of hydrogen-bond acceptors (Lipinski definition) is 7. The van der Waals surface area contributed by atoms with Gasteiger partial charge in [0.05, 0.1) is 5.39 Å². The maximum absolute atomic E-state index is 4.82. The summed E-state index contributed by atoms with van der Waals surface area (Å²) in [5, 5.41) is 11.6. The Kier molecular flexibility index (Phi) is 5.28. The molecule has 3 aromatic heterocycles. The highest BCUT2D eigenvalue weighted by Crippen LogP contribution is 2.24. The first-order valence-corrected chi connectivity index (χ1v) is 10.4. The predicted octanol–water partition coefficient (Wildman–Crippen LogP) is 3.41. The van der Waals surface area contributed by atoms with Crippen molar-refractivity contribution in [3.63, 3.8) is 0 Å². The molecule has 0 aliphatic carbocycles. The van der Waals surface area contributed by atoms with Crippen molar-refractivity contribution in [2.24, 2.45) is 0 Å². The van der Waals surface area contributed by atoms with E-state index in [-0.39, 0.29) is 0 Å². The Morgan fingerprint density at radius 1 is 0.968 bits per heavy atom. The third-order valence-corrected chi connectivity index (χ3v) is 5.36. The number of benzene rings is 1. The fourth-order valence-corrected chi connectivity index (χ4v) is 3.60. The van der Waals surface area contributed by atoms with Crippen molar-refractivity contribution in [3.05, 3.63) is 66.1 Å². The second-order valence-electron chi connectivity index (χ2n) is 7.60. The van der Waals surface area contributed by atoms with E-state index in [1.807, 2.05) is 48.6 Å². The quantitative estimate of drug-likeness (QED) is 0.519. The van der Waals surface area contributed by atoms with Crippen LogP contribution in [0.3, 0.4) is 0 Å². The molecule has 156 valence electrons. The first-order valence-electron chi connectivity index (χ1n) is 10.4. The number of H-pyrrole nitrogens is 1. The second kappa shape index (κ2) is 8.53. The van der Waals surface area contributed by atoms with Gasteiger partial charge in [-0.3, -0.25) is 5.10 Å². The Balaban J connectivity index is 1.48. The number of likely N-dealkylation sites (N-methyl/N-ethyl adjacent to an activating group) is 1. The molecule has 31 heavy (non-hydrogen) atoms. The van der Waals surface area contributed by atoms with Crippen LogP contribution in [0.25, 0.3) is 23.2 Å². The van der Waals surface area contributed by atoms with Gasteiger partial charge in [0, 0.05) is 38.4 Å². The summed E-state index contributed by atoms with van der Waals surface area (Å²) in [6.07, 6.45) is 5.71. The molecule has 0 spiro atoms. The first-order chi connectivity index (χ1) is 15.2. The monoisotopic (exact) mass is 412 g/mol. The van der Waals surface area contributed by atoms with Gasteiger partial charge in [-0.05, 0) is 30.8 Å². The number of rotatable bonds is 5. The molecule has 1 fully saturated rings. The smallest absolute Gasteiger partial charge is 0.183 e. The number of nitrogens with zero attached hydrogens (tertiary/aromatic N) is 6. The molecule has 5 rings (SSSR count). The molecule has 0 unspecified atom stereocenters. The summed E-state index contributed by atoms with van der Waals surface area (Å²) in [7, 11) is 2.15. The summed E-state index contributed by atoms with van der Waals surface area (Å²) in [6.45, 7) is 3.90. The van der Waals surface area contributed by atoms with Gasteiger partial charge < -0.3 is 15.1 Å². The molecule has 0 amide bonds. The van der Waals surface area contributed by atoms with Gasteiger partial charge in [-0.2, -0.15) is 5.10 Å². The standard InChI is InChI=1S/C23H24N8/c1-30-12-14-31(15-13-30)21-16-20(27-23-18-8-5-11-24-22(18)28-29-23)25-19(26-21)10-9-17-6-3-2-4-7-17/h2-11,16H,12-15H2,1H3,(H2,24,25,26,27,28,29)/b10-9+. The molecule has 0 atom stereocenters. The Morgan fingerprint density at radius 3 is 2.65 bits per heavy atom. The number of nitrogens with one attached hydrogen (secondary N) is 2. The minimum Gasteiger partial charge on any atom is -0.354 e. The number of hydrogen-bond donors (Lipinski definition) is 2. The molecule has 2 N–H and O–H groups in total. The molecular weight excluding hydrogens is 388 g/mol. The van der Waals surface area contributed by atoms with E-state index in [2.05, 4.69) is 49.5 Å². The molecule has 1 aromatic carbocycles. The van der Waals surface area contributed by atoms with Crippen LogP contribution in [0.15, 0.2) is 54.7 Å². The van der Waals surface area contributed by atoms with Crippen LogP contribution in [0, 0.1) is 0 Å². The Morgan fingerprint density at radius 2 is 1.81 bits per heavy atom. The zero-order valence-corrected chi connectivity index (χ0v) is 17.4. The van der Waals surface area contributed by atoms with E-state index < -0.39 is 0 Å². The molecule has 4 heterocycles. The van der Waals surface area contributed by atoms with E-state index in [4.69, 9.17) is 9.97 Å². The molecule has 0 radical (unpaired) electrons. The van der Waals surface area contributed by atoms with Crippen molar-refractivity contribution in [3.8, 4) is 0 Å².